The van der Waals surface area contributed by atoms with Gasteiger partial charge in [0, 0.05) is 63.8 Å². The van der Waals surface area contributed by atoms with Gasteiger partial charge in [0.1, 0.15) is 11.4 Å². The van der Waals surface area contributed by atoms with E-state index in [4.69, 9.17) is 4.74 Å². The maximum atomic E-state index is 13.8. The van der Waals surface area contributed by atoms with E-state index < -0.39 is 5.60 Å². The number of carbonyl (C=O) groups is 2. The Hall–Kier alpha value is -4.04. The Labute approximate surface area is 270 Å². The zero-order chi connectivity index (χ0) is 33.0. The number of aliphatic hydroxyl groups excluding tert-OH is 1. The summed E-state index contributed by atoms with van der Waals surface area (Å²) in [5.41, 5.74) is 1.33. The minimum atomic E-state index is -0.567. The van der Waals surface area contributed by atoms with E-state index in [-0.39, 0.29) is 42.4 Å². The average Bonchev–Trinajstić information content (AvgIpc) is 3.02. The molecular formula is C36H44FN5O4. The van der Waals surface area contributed by atoms with E-state index in [1.165, 1.54) is 12.1 Å². The highest BCUT2D eigenvalue weighted by molar-refractivity contribution is 6.07. The van der Waals surface area contributed by atoms with E-state index in [9.17, 15) is 24.3 Å². The Kier molecular flexibility index (Phi) is 10.3. The Balaban J connectivity index is 1.21. The van der Waals surface area contributed by atoms with Crippen molar-refractivity contribution in [2.45, 2.75) is 50.8 Å². The first-order valence-electron chi connectivity index (χ1n) is 16.0. The molecule has 0 bridgehead atoms. The molecule has 46 heavy (non-hydrogen) atoms. The number of piperazine rings is 1. The number of carbonyl (C=O) groups excluding carboxylic acids is 2. The van der Waals surface area contributed by atoms with Crippen molar-refractivity contribution < 1.29 is 23.8 Å². The summed E-state index contributed by atoms with van der Waals surface area (Å²) in [5.74, 6) is -0.492. The van der Waals surface area contributed by atoms with Crippen molar-refractivity contribution in [3.8, 4) is 6.07 Å². The van der Waals surface area contributed by atoms with Crippen LogP contribution in [0.1, 0.15) is 54.6 Å². The van der Waals surface area contributed by atoms with Gasteiger partial charge < -0.3 is 24.5 Å². The Bertz CT molecular complexity index is 1580. The zero-order valence-electron chi connectivity index (χ0n) is 27.2. The molecule has 2 amide bonds. The first-order chi connectivity index (χ1) is 22.0. The van der Waals surface area contributed by atoms with Gasteiger partial charge in [-0.2, -0.15) is 5.26 Å². The monoisotopic (exact) mass is 629 g/mol. The minimum absolute atomic E-state index is 0.0263. The number of fused-ring (bicyclic) bond motifs is 1. The number of nitrogens with zero attached hydrogens (tertiary/aromatic N) is 5. The van der Waals surface area contributed by atoms with Gasteiger partial charge in [-0.1, -0.05) is 36.4 Å². The van der Waals surface area contributed by atoms with Gasteiger partial charge in [-0.25, -0.2) is 9.18 Å². The van der Waals surface area contributed by atoms with E-state index in [0.29, 0.717) is 37.3 Å². The zero-order valence-corrected chi connectivity index (χ0v) is 27.2. The number of likely N-dealkylation sites (N-methyl/N-ethyl adjacent to an activating group) is 1. The van der Waals surface area contributed by atoms with Crippen LogP contribution in [0.25, 0.3) is 10.8 Å². The van der Waals surface area contributed by atoms with E-state index >= 15 is 0 Å². The van der Waals surface area contributed by atoms with Crippen molar-refractivity contribution in [3.63, 3.8) is 0 Å². The largest absolute Gasteiger partial charge is 0.444 e. The second kappa shape index (κ2) is 14.2. The van der Waals surface area contributed by atoms with Crippen molar-refractivity contribution in [3.05, 3.63) is 83.2 Å². The predicted molar refractivity (Wildman–Crippen MR) is 175 cm³/mol. The smallest absolute Gasteiger partial charge is 0.410 e. The third-order valence-electron chi connectivity index (χ3n) is 9.00. The summed E-state index contributed by atoms with van der Waals surface area (Å²) in [6.45, 7) is 10.1. The van der Waals surface area contributed by atoms with Gasteiger partial charge in [0.15, 0.2) is 0 Å². The number of halogens is 1. The number of hydrogen-bond acceptors (Lipinski definition) is 7. The second-order valence-corrected chi connectivity index (χ2v) is 13.5. The Morgan fingerprint density at radius 2 is 1.80 bits per heavy atom. The van der Waals surface area contributed by atoms with Crippen LogP contribution in [0.3, 0.4) is 0 Å². The summed E-state index contributed by atoms with van der Waals surface area (Å²) in [7, 11) is 1.78. The van der Waals surface area contributed by atoms with Crippen LogP contribution in [0.15, 0.2) is 60.7 Å². The molecule has 1 N–H and O–H groups in total. The molecule has 0 radical (unpaired) electrons. The maximum absolute atomic E-state index is 13.8. The second-order valence-electron chi connectivity index (χ2n) is 13.5. The Morgan fingerprint density at radius 1 is 1.09 bits per heavy atom. The SMILES string of the molecule is CN(C[C@@H](CCN1CC(N2CCN(C(=O)OC(C)(C)C)CC2CO)C1)c1ccc(F)cc1)C(=O)c1cc(C#N)cc2ccccc12. The molecule has 2 atom stereocenters. The van der Waals surface area contributed by atoms with Gasteiger partial charge >= 0.3 is 6.09 Å². The van der Waals surface area contributed by atoms with Crippen LogP contribution in [-0.4, -0.2) is 114 Å². The lowest BCUT2D eigenvalue weighted by atomic mass is 9.93. The molecule has 0 spiro atoms. The molecular weight excluding hydrogens is 585 g/mol. The third kappa shape index (κ3) is 7.84. The number of amides is 2. The third-order valence-corrected chi connectivity index (χ3v) is 9.00. The van der Waals surface area contributed by atoms with Gasteiger partial charge in [-0.05, 0) is 74.3 Å². The van der Waals surface area contributed by atoms with Crippen LogP contribution >= 0.6 is 0 Å². The molecule has 3 aromatic rings. The van der Waals surface area contributed by atoms with Gasteiger partial charge in [-0.3, -0.25) is 9.69 Å². The van der Waals surface area contributed by atoms with Crippen LogP contribution in [-0.2, 0) is 4.74 Å². The van der Waals surface area contributed by atoms with Crippen LogP contribution in [0.2, 0.25) is 0 Å². The van der Waals surface area contributed by atoms with Crippen molar-refractivity contribution in [2.75, 3.05) is 59.5 Å². The average molecular weight is 630 g/mol. The summed E-state index contributed by atoms with van der Waals surface area (Å²) < 4.78 is 19.4. The van der Waals surface area contributed by atoms with Crippen molar-refractivity contribution in [2.24, 2.45) is 0 Å². The van der Waals surface area contributed by atoms with Gasteiger partial charge in [0.2, 0.25) is 0 Å². The molecule has 2 fully saturated rings. The van der Waals surface area contributed by atoms with Gasteiger partial charge in [-0.15, -0.1) is 0 Å². The molecule has 0 saturated carbocycles. The molecule has 1 unspecified atom stereocenters. The summed E-state index contributed by atoms with van der Waals surface area (Å²) >= 11 is 0. The fourth-order valence-corrected chi connectivity index (χ4v) is 6.55. The highest BCUT2D eigenvalue weighted by Gasteiger charge is 2.39. The molecule has 10 heteroatoms. The first kappa shape index (κ1) is 33.3. The fourth-order valence-electron chi connectivity index (χ4n) is 6.55. The number of benzene rings is 3. The molecule has 2 heterocycles. The van der Waals surface area contributed by atoms with Crippen molar-refractivity contribution in [1.29, 1.82) is 5.26 Å². The molecule has 2 aliphatic rings. The standard InChI is InChI=1S/C36H44FN5O4/c1-36(2,3)46-35(45)41-15-16-42(31(23-41)24-43)30-21-40(22-30)14-13-28(26-9-11-29(37)12-10-26)20-39(4)34(44)33-18-25(19-38)17-27-7-5-6-8-32(27)33/h5-12,17-18,28,30-31,43H,13-16,20-24H2,1-4H3/t28-,31?/m1/s1. The highest BCUT2D eigenvalue weighted by atomic mass is 19.1. The van der Waals surface area contributed by atoms with Gasteiger partial charge in [0.25, 0.3) is 5.91 Å². The van der Waals surface area contributed by atoms with Crippen LogP contribution in [0.4, 0.5) is 9.18 Å². The lowest BCUT2D eigenvalue weighted by Gasteiger charge is -2.51. The fraction of sp³-hybridized carbons (Fsp3) is 0.472. The summed E-state index contributed by atoms with van der Waals surface area (Å²) in [6.07, 6.45) is 0.423. The van der Waals surface area contributed by atoms with E-state index in [1.807, 2.05) is 45.0 Å². The summed E-state index contributed by atoms with van der Waals surface area (Å²) in [5, 5.41) is 21.3. The lowest BCUT2D eigenvalue weighted by molar-refractivity contribution is -0.0499. The molecule has 5 rings (SSSR count). The van der Waals surface area contributed by atoms with E-state index in [2.05, 4.69) is 15.9 Å². The highest BCUT2D eigenvalue weighted by Crippen LogP contribution is 2.28. The number of rotatable bonds is 9. The molecule has 0 aromatic heterocycles. The minimum Gasteiger partial charge on any atom is -0.444 e. The summed E-state index contributed by atoms with van der Waals surface area (Å²) in [6, 6.07) is 19.8. The Morgan fingerprint density at radius 3 is 2.48 bits per heavy atom. The van der Waals surface area contributed by atoms with Crippen LogP contribution in [0, 0.1) is 17.1 Å². The van der Waals surface area contributed by atoms with Crippen molar-refractivity contribution >= 4 is 22.8 Å². The normalized spacial score (nSPS) is 18.5. The predicted octanol–water partition coefficient (Wildman–Crippen LogP) is 4.69. The molecule has 2 saturated heterocycles. The summed E-state index contributed by atoms with van der Waals surface area (Å²) in [4.78, 5) is 34.4. The number of aliphatic hydroxyl groups is 1. The topological polar surface area (TPSA) is 100 Å². The van der Waals surface area contributed by atoms with Crippen molar-refractivity contribution in [1.82, 2.24) is 19.6 Å². The molecule has 244 valence electrons. The van der Waals surface area contributed by atoms with E-state index in [0.717, 1.165) is 42.4 Å². The molecule has 3 aromatic carbocycles. The molecule has 9 nitrogen and oxygen atoms in total. The molecule has 0 aliphatic carbocycles. The molecule has 2 aliphatic heterocycles. The van der Waals surface area contributed by atoms with Crippen LogP contribution in [0.5, 0.6) is 0 Å². The van der Waals surface area contributed by atoms with Gasteiger partial charge in [0.05, 0.1) is 24.3 Å². The lowest BCUT2D eigenvalue weighted by Crippen LogP contribution is -2.67. The van der Waals surface area contributed by atoms with Crippen LogP contribution < -0.4 is 0 Å². The number of ether oxygens (including phenoxy) is 1. The number of likely N-dealkylation sites (tertiary alicyclic amines) is 1. The number of nitriles is 1. The quantitative estimate of drug-likeness (QED) is 0.367. The van der Waals surface area contributed by atoms with E-state index in [1.54, 1.807) is 41.1 Å². The maximum Gasteiger partial charge on any atom is 0.410 e. The number of hydrogen-bond donors (Lipinski definition) is 1. The first-order valence-corrected chi connectivity index (χ1v) is 16.0.